The second-order valence-electron chi connectivity index (χ2n) is 6.41. The van der Waals surface area contributed by atoms with E-state index in [4.69, 9.17) is 4.52 Å². The molecule has 0 fully saturated rings. The molecule has 0 saturated carbocycles. The average molecular weight is 399 g/mol. The van der Waals surface area contributed by atoms with E-state index in [2.05, 4.69) is 25.1 Å². The van der Waals surface area contributed by atoms with E-state index in [1.54, 1.807) is 42.9 Å². The first-order valence-electron chi connectivity index (χ1n) is 8.96. The lowest BCUT2D eigenvalue weighted by atomic mass is 10.2. The second-order valence-corrected chi connectivity index (χ2v) is 6.41. The molecule has 0 aliphatic heterocycles. The molecule has 5 aromatic rings. The van der Waals surface area contributed by atoms with Crippen LogP contribution in [-0.2, 0) is 6.54 Å². The third-order valence-electron chi connectivity index (χ3n) is 4.41. The van der Waals surface area contributed by atoms with E-state index >= 15 is 0 Å². The average Bonchev–Trinajstić information content (AvgIpc) is 3.26. The Morgan fingerprint density at radius 2 is 1.93 bits per heavy atom. The molecule has 0 aliphatic carbocycles. The Morgan fingerprint density at radius 3 is 2.80 bits per heavy atom. The van der Waals surface area contributed by atoms with E-state index in [1.165, 1.54) is 33.5 Å². The minimum absolute atomic E-state index is 0.123. The molecule has 5 heterocycles. The third kappa shape index (κ3) is 3.26. The summed E-state index contributed by atoms with van der Waals surface area (Å²) >= 11 is 0. The topological polar surface area (TPSA) is 121 Å². The Balaban J connectivity index is 1.50. The van der Waals surface area contributed by atoms with Gasteiger partial charge in [0.25, 0.3) is 17.0 Å². The second kappa shape index (κ2) is 7.17. The molecule has 10 nitrogen and oxygen atoms in total. The van der Waals surface area contributed by atoms with Gasteiger partial charge in [-0.05, 0) is 18.2 Å². The van der Waals surface area contributed by atoms with Crippen LogP contribution in [0.15, 0.2) is 81.5 Å². The van der Waals surface area contributed by atoms with Gasteiger partial charge in [-0.1, -0.05) is 11.2 Å². The van der Waals surface area contributed by atoms with Gasteiger partial charge in [0.15, 0.2) is 0 Å². The van der Waals surface area contributed by atoms with Gasteiger partial charge in [-0.25, -0.2) is 9.97 Å². The van der Waals surface area contributed by atoms with Gasteiger partial charge < -0.3 is 9.09 Å². The predicted molar refractivity (Wildman–Crippen MR) is 106 cm³/mol. The van der Waals surface area contributed by atoms with Crippen molar-refractivity contribution in [1.82, 2.24) is 34.1 Å². The summed E-state index contributed by atoms with van der Waals surface area (Å²) in [6, 6.07) is 9.68. The van der Waals surface area contributed by atoms with Crippen molar-refractivity contribution in [3.05, 3.63) is 93.8 Å². The summed E-state index contributed by atoms with van der Waals surface area (Å²) in [5, 5.41) is 3.91. The third-order valence-corrected chi connectivity index (χ3v) is 4.41. The van der Waals surface area contributed by atoms with Gasteiger partial charge in [0.2, 0.25) is 5.82 Å². The summed E-state index contributed by atoms with van der Waals surface area (Å²) in [7, 11) is 0. The summed E-state index contributed by atoms with van der Waals surface area (Å²) in [6.07, 6.45) is 7.84. The zero-order valence-electron chi connectivity index (χ0n) is 15.4. The molecule has 10 heteroatoms. The molecule has 0 aliphatic rings. The molecule has 5 aromatic heterocycles. The van der Waals surface area contributed by atoms with Crippen LogP contribution >= 0.6 is 0 Å². The molecule has 0 saturated heterocycles. The van der Waals surface area contributed by atoms with Crippen molar-refractivity contribution in [1.29, 1.82) is 0 Å². The molecule has 0 atom stereocenters. The fourth-order valence-electron chi connectivity index (χ4n) is 3.00. The van der Waals surface area contributed by atoms with E-state index in [1.807, 2.05) is 0 Å². The largest absolute Gasteiger partial charge is 0.333 e. The molecular formula is C20H13N7O3. The first kappa shape index (κ1) is 17.6. The van der Waals surface area contributed by atoms with Crippen molar-refractivity contribution in [3.8, 4) is 23.0 Å². The minimum Gasteiger partial charge on any atom is -0.333 e. The molecule has 5 rings (SSSR count). The lowest BCUT2D eigenvalue weighted by Crippen LogP contribution is -2.22. The highest BCUT2D eigenvalue weighted by atomic mass is 16.5. The number of fused-ring (bicyclic) bond motifs is 1. The van der Waals surface area contributed by atoms with Gasteiger partial charge in [-0.15, -0.1) is 0 Å². The number of aromatic nitrogens is 7. The van der Waals surface area contributed by atoms with Crippen molar-refractivity contribution < 1.29 is 4.52 Å². The molecule has 30 heavy (non-hydrogen) atoms. The molecule has 0 amide bonds. The number of rotatable bonds is 4. The number of hydrogen-bond acceptors (Lipinski definition) is 8. The fraction of sp³-hybridized carbons (Fsp3) is 0.0500. The summed E-state index contributed by atoms with van der Waals surface area (Å²) in [5.74, 6) is 0.524. The van der Waals surface area contributed by atoms with Gasteiger partial charge in [0.1, 0.15) is 11.3 Å². The number of pyridine rings is 2. The van der Waals surface area contributed by atoms with Crippen LogP contribution in [0.3, 0.4) is 0 Å². The van der Waals surface area contributed by atoms with Gasteiger partial charge in [-0.2, -0.15) is 4.98 Å². The van der Waals surface area contributed by atoms with Crippen molar-refractivity contribution in [3.63, 3.8) is 0 Å². The van der Waals surface area contributed by atoms with Crippen LogP contribution in [0.1, 0.15) is 5.69 Å². The minimum atomic E-state index is -0.248. The zero-order valence-corrected chi connectivity index (χ0v) is 15.4. The Kier molecular flexibility index (Phi) is 4.21. The Bertz CT molecular complexity index is 1470. The molecule has 0 unspecified atom stereocenters. The number of nitrogens with zero attached hydrogens (tertiary/aromatic N) is 7. The maximum Gasteiger partial charge on any atom is 0.259 e. The van der Waals surface area contributed by atoms with Crippen LogP contribution in [-0.4, -0.2) is 34.1 Å². The van der Waals surface area contributed by atoms with Gasteiger partial charge in [-0.3, -0.25) is 19.0 Å². The van der Waals surface area contributed by atoms with Crippen molar-refractivity contribution in [2.45, 2.75) is 6.54 Å². The highest BCUT2D eigenvalue weighted by Gasteiger charge is 2.13. The van der Waals surface area contributed by atoms with Crippen LogP contribution in [0.25, 0.3) is 28.6 Å². The lowest BCUT2D eigenvalue weighted by molar-refractivity contribution is 0.431. The Hall–Kier alpha value is -4.47. The lowest BCUT2D eigenvalue weighted by Gasteiger charge is -2.07. The monoisotopic (exact) mass is 399 g/mol. The van der Waals surface area contributed by atoms with Crippen molar-refractivity contribution in [2.75, 3.05) is 0 Å². The SMILES string of the molecule is O=c1ccc(-c2nc(-c3cnccn3)no2)cn1Cc1cc(=O)n2ccccc2n1. The molecule has 0 aromatic carbocycles. The summed E-state index contributed by atoms with van der Waals surface area (Å²) in [6.45, 7) is 0.123. The van der Waals surface area contributed by atoms with Crippen LogP contribution < -0.4 is 11.1 Å². The van der Waals surface area contributed by atoms with Crippen LogP contribution in [0.2, 0.25) is 0 Å². The van der Waals surface area contributed by atoms with Gasteiger partial charge >= 0.3 is 0 Å². The first-order chi connectivity index (χ1) is 14.7. The standard InChI is InChI=1S/C20H13N7O3/c28-17-5-4-13(20-24-19(25-30-20)15-10-21-6-7-22-15)11-26(17)12-14-9-18(29)27-8-2-1-3-16(27)23-14/h1-11H,12H2. The maximum atomic E-state index is 12.3. The summed E-state index contributed by atoms with van der Waals surface area (Å²) in [5.41, 5.74) is 1.54. The van der Waals surface area contributed by atoms with E-state index in [-0.39, 0.29) is 23.6 Å². The predicted octanol–water partition coefficient (Wildman–Crippen LogP) is 1.41. The Morgan fingerprint density at radius 1 is 1.00 bits per heavy atom. The van der Waals surface area contributed by atoms with Gasteiger partial charge in [0.05, 0.1) is 24.0 Å². The maximum absolute atomic E-state index is 12.3. The summed E-state index contributed by atoms with van der Waals surface area (Å²) in [4.78, 5) is 41.5. The molecule has 0 N–H and O–H groups in total. The number of hydrogen-bond donors (Lipinski definition) is 0. The zero-order chi connectivity index (χ0) is 20.5. The van der Waals surface area contributed by atoms with E-state index in [0.29, 0.717) is 28.4 Å². The van der Waals surface area contributed by atoms with E-state index < -0.39 is 0 Å². The molecule has 0 bridgehead atoms. The normalized spacial score (nSPS) is 11.1. The highest BCUT2D eigenvalue weighted by molar-refractivity contribution is 5.55. The van der Waals surface area contributed by atoms with E-state index in [0.717, 1.165) is 0 Å². The highest BCUT2D eigenvalue weighted by Crippen LogP contribution is 2.19. The van der Waals surface area contributed by atoms with Crippen molar-refractivity contribution in [2.24, 2.45) is 0 Å². The van der Waals surface area contributed by atoms with Crippen molar-refractivity contribution >= 4 is 5.65 Å². The smallest absolute Gasteiger partial charge is 0.259 e. The molecular weight excluding hydrogens is 386 g/mol. The van der Waals surface area contributed by atoms with E-state index in [9.17, 15) is 9.59 Å². The van der Waals surface area contributed by atoms with Crippen LogP contribution in [0.5, 0.6) is 0 Å². The van der Waals surface area contributed by atoms with Crippen LogP contribution in [0.4, 0.5) is 0 Å². The molecule has 0 radical (unpaired) electrons. The first-order valence-corrected chi connectivity index (χ1v) is 8.96. The molecule has 0 spiro atoms. The summed E-state index contributed by atoms with van der Waals surface area (Å²) < 4.78 is 8.19. The fourth-order valence-corrected chi connectivity index (χ4v) is 3.00. The Labute approximate surface area is 168 Å². The quantitative estimate of drug-likeness (QED) is 0.445. The van der Waals surface area contributed by atoms with Gasteiger partial charge in [0, 0.05) is 36.9 Å². The van der Waals surface area contributed by atoms with Crippen LogP contribution in [0, 0.1) is 0 Å². The molecule has 146 valence electrons.